The summed E-state index contributed by atoms with van der Waals surface area (Å²) in [6, 6.07) is 0. The molecule has 0 unspecified atom stereocenters. The number of nitrogens with zero attached hydrogens (tertiary/aromatic N) is 1. The average molecular weight is 115 g/mol. The highest BCUT2D eigenvalue weighted by atomic mass is 27.1. The first kappa shape index (κ1) is 5.59. The molecule has 0 aliphatic carbocycles. The molecule has 0 atom stereocenters. The molecule has 0 aromatic rings. The summed E-state index contributed by atoms with van der Waals surface area (Å²) in [7, 11) is 0. The largest absolute Gasteiger partial charge is 0.387 e. The van der Waals surface area contributed by atoms with E-state index in [4.69, 9.17) is 4.74 Å². The summed E-state index contributed by atoms with van der Waals surface area (Å²) in [6.45, 7) is 4.21. The third kappa shape index (κ3) is 1.79. The molecule has 1 saturated heterocycles. The molecular formula is C4H10AlNO. The predicted molar refractivity (Wildman–Crippen MR) is 30.9 cm³/mol. The van der Waals surface area contributed by atoms with Gasteiger partial charge in [-0.3, -0.25) is 0 Å². The van der Waals surface area contributed by atoms with Gasteiger partial charge in [-0.05, 0) is 0 Å². The van der Waals surface area contributed by atoms with E-state index in [1.54, 1.807) is 0 Å². The van der Waals surface area contributed by atoms with Gasteiger partial charge in [-0.15, -0.1) is 0 Å². The summed E-state index contributed by atoms with van der Waals surface area (Å²) < 4.78 is 7.53. The van der Waals surface area contributed by atoms with E-state index >= 15 is 0 Å². The molecule has 1 rings (SSSR count). The highest BCUT2D eigenvalue weighted by Crippen LogP contribution is 1.88. The monoisotopic (exact) mass is 115 g/mol. The third-order valence-corrected chi connectivity index (χ3v) is 2.13. The van der Waals surface area contributed by atoms with Gasteiger partial charge in [0.05, 0.1) is 13.2 Å². The summed E-state index contributed by atoms with van der Waals surface area (Å²) in [6.07, 6.45) is 0. The Morgan fingerprint density at radius 2 is 1.86 bits per heavy atom. The van der Waals surface area contributed by atoms with E-state index in [-0.39, 0.29) is 0 Å². The van der Waals surface area contributed by atoms with E-state index in [1.807, 2.05) is 0 Å². The fraction of sp³-hybridized carbons (Fsp3) is 1.00. The average Bonchev–Trinajstić information content (AvgIpc) is 1.69. The number of ether oxygens (including phenoxy) is 1. The second-order valence-electron chi connectivity index (χ2n) is 1.92. The van der Waals surface area contributed by atoms with Crippen molar-refractivity contribution in [2.24, 2.45) is 0 Å². The summed E-state index contributed by atoms with van der Waals surface area (Å²) in [5, 5.41) is 0. The molecule has 0 aromatic carbocycles. The van der Waals surface area contributed by atoms with Crippen LogP contribution in [0.3, 0.4) is 0 Å². The number of rotatable bonds is 0. The van der Waals surface area contributed by atoms with Crippen molar-refractivity contribution >= 4 is 16.5 Å². The summed E-state index contributed by atoms with van der Waals surface area (Å²) >= 11 is 1.20. The Morgan fingerprint density at radius 3 is 2.14 bits per heavy atom. The molecule has 1 aliphatic rings. The van der Waals surface area contributed by atoms with Crippen LogP contribution >= 0.6 is 0 Å². The Balaban J connectivity index is 2.12. The first-order valence-corrected chi connectivity index (χ1v) is 3.55. The predicted octanol–water partition coefficient (Wildman–Crippen LogP) is -1.13. The van der Waals surface area contributed by atoms with Crippen molar-refractivity contribution in [1.82, 2.24) is 3.88 Å². The summed E-state index contributed by atoms with van der Waals surface area (Å²) in [5.74, 6) is 0. The van der Waals surface area contributed by atoms with Gasteiger partial charge < -0.3 is 8.62 Å². The van der Waals surface area contributed by atoms with Crippen molar-refractivity contribution in [2.75, 3.05) is 26.3 Å². The van der Waals surface area contributed by atoms with Gasteiger partial charge in [0.1, 0.15) is 0 Å². The summed E-state index contributed by atoms with van der Waals surface area (Å²) in [4.78, 5) is 0. The first-order valence-electron chi connectivity index (χ1n) is 2.66. The minimum absolute atomic E-state index is 0.948. The van der Waals surface area contributed by atoms with Gasteiger partial charge in [-0.1, -0.05) is 0 Å². The van der Waals surface area contributed by atoms with Gasteiger partial charge in [-0.25, -0.2) is 0 Å². The van der Waals surface area contributed by atoms with Crippen LogP contribution < -0.4 is 0 Å². The molecule has 0 spiro atoms. The number of morpholine rings is 1. The lowest BCUT2D eigenvalue weighted by molar-refractivity contribution is 0.0739. The minimum Gasteiger partial charge on any atom is -0.387 e. The minimum atomic E-state index is 0.948. The Bertz CT molecular complexity index is 53.7. The highest BCUT2D eigenvalue weighted by Gasteiger charge is 2.01. The smallest absolute Gasteiger partial charge is 0.322 e. The summed E-state index contributed by atoms with van der Waals surface area (Å²) in [5.41, 5.74) is 0. The molecule has 1 fully saturated rings. The van der Waals surface area contributed by atoms with E-state index in [1.165, 1.54) is 16.5 Å². The molecule has 0 aromatic heterocycles. The number of hydrogen-bond acceptors (Lipinski definition) is 2. The molecule has 0 N–H and O–H groups in total. The van der Waals surface area contributed by atoms with Gasteiger partial charge in [0.15, 0.2) is 0 Å². The van der Waals surface area contributed by atoms with Crippen LogP contribution in [0.15, 0.2) is 0 Å². The standard InChI is InChI=1S/C4H8NO.Al.2H/c1-3-6-4-2-5-1;;;/h1-4H2;;;/q-1;+1;;. The molecule has 40 valence electrons. The molecule has 0 amide bonds. The molecule has 0 radical (unpaired) electrons. The molecule has 0 saturated carbocycles. The maximum Gasteiger partial charge on any atom is 0.322 e. The van der Waals surface area contributed by atoms with Crippen molar-refractivity contribution in [3.8, 4) is 0 Å². The quantitative estimate of drug-likeness (QED) is 0.370. The van der Waals surface area contributed by atoms with Crippen LogP contribution in [0, 0.1) is 0 Å². The Labute approximate surface area is 52.1 Å². The van der Waals surface area contributed by atoms with Crippen LogP contribution in [-0.2, 0) is 4.74 Å². The van der Waals surface area contributed by atoms with E-state index < -0.39 is 0 Å². The lowest BCUT2D eigenvalue weighted by Gasteiger charge is -2.22. The van der Waals surface area contributed by atoms with Crippen molar-refractivity contribution in [3.05, 3.63) is 0 Å². The van der Waals surface area contributed by atoms with E-state index in [9.17, 15) is 0 Å². The van der Waals surface area contributed by atoms with Crippen LogP contribution in [0.1, 0.15) is 0 Å². The number of hydrogen-bond donors (Lipinski definition) is 0. The zero-order valence-corrected chi connectivity index (χ0v) is 6.68. The fourth-order valence-electron chi connectivity index (χ4n) is 0.655. The SMILES string of the molecule is [AlH2][N]1CCOCC1. The third-order valence-electron chi connectivity index (χ3n) is 1.23. The Hall–Kier alpha value is 0.452. The molecule has 3 heteroatoms. The zero-order valence-electron chi connectivity index (χ0n) is 4.68. The zero-order chi connectivity index (χ0) is 5.11. The Kier molecular flexibility index (Phi) is 2.14. The normalized spacial score (nSPS) is 25.1. The molecule has 1 heterocycles. The van der Waals surface area contributed by atoms with E-state index in [0.717, 1.165) is 26.3 Å². The topological polar surface area (TPSA) is 12.5 Å². The van der Waals surface area contributed by atoms with Gasteiger partial charge in [0.2, 0.25) is 0 Å². The lowest BCUT2D eigenvalue weighted by atomic mass is 10.5. The molecular weight excluding hydrogens is 105 g/mol. The second kappa shape index (κ2) is 2.69. The van der Waals surface area contributed by atoms with Gasteiger partial charge in [0, 0.05) is 13.1 Å². The second-order valence-corrected chi connectivity index (χ2v) is 3.18. The van der Waals surface area contributed by atoms with Gasteiger partial charge in [0.25, 0.3) is 0 Å². The van der Waals surface area contributed by atoms with Crippen molar-refractivity contribution in [2.45, 2.75) is 0 Å². The van der Waals surface area contributed by atoms with Crippen LogP contribution in [0.5, 0.6) is 0 Å². The maximum atomic E-state index is 5.12. The van der Waals surface area contributed by atoms with Gasteiger partial charge >= 0.3 is 16.5 Å². The van der Waals surface area contributed by atoms with Crippen LogP contribution in [-0.4, -0.2) is 46.7 Å². The van der Waals surface area contributed by atoms with E-state index in [2.05, 4.69) is 3.88 Å². The van der Waals surface area contributed by atoms with Crippen LogP contribution in [0.2, 0.25) is 0 Å². The fourth-order valence-corrected chi connectivity index (χ4v) is 1.02. The van der Waals surface area contributed by atoms with E-state index in [0.29, 0.717) is 0 Å². The van der Waals surface area contributed by atoms with Crippen LogP contribution in [0.25, 0.3) is 0 Å². The molecule has 0 bridgehead atoms. The molecule has 7 heavy (non-hydrogen) atoms. The Morgan fingerprint density at radius 1 is 1.29 bits per heavy atom. The molecule has 1 aliphatic heterocycles. The maximum absolute atomic E-state index is 5.12. The lowest BCUT2D eigenvalue weighted by Crippen LogP contribution is -2.33. The highest BCUT2D eigenvalue weighted by molar-refractivity contribution is 6.04. The van der Waals surface area contributed by atoms with Gasteiger partial charge in [-0.2, -0.15) is 0 Å². The van der Waals surface area contributed by atoms with Crippen molar-refractivity contribution < 1.29 is 4.74 Å². The van der Waals surface area contributed by atoms with Crippen molar-refractivity contribution in [1.29, 1.82) is 0 Å². The van der Waals surface area contributed by atoms with Crippen molar-refractivity contribution in [3.63, 3.8) is 0 Å². The first-order chi connectivity index (χ1) is 3.39. The van der Waals surface area contributed by atoms with Crippen LogP contribution in [0.4, 0.5) is 0 Å². The molecule has 2 nitrogen and oxygen atoms in total.